The Bertz CT molecular complexity index is 524. The Kier molecular flexibility index (Phi) is 2.30. The van der Waals surface area contributed by atoms with Crippen molar-refractivity contribution in [2.45, 2.75) is 39.8 Å². The van der Waals surface area contributed by atoms with Crippen LogP contribution in [0.15, 0.2) is 5.38 Å². The minimum absolute atomic E-state index is 0.623. The number of aryl methyl sites for hydroxylation is 1. The Morgan fingerprint density at radius 1 is 1.44 bits per heavy atom. The van der Waals surface area contributed by atoms with Crippen LogP contribution in [0.25, 0.3) is 4.96 Å². The maximum atomic E-state index is 4.72. The second-order valence-corrected chi connectivity index (χ2v) is 5.65. The molecule has 1 aliphatic rings. The van der Waals surface area contributed by atoms with Crippen LogP contribution in [-0.4, -0.2) is 26.9 Å². The molecule has 1 aliphatic heterocycles. The van der Waals surface area contributed by atoms with Gasteiger partial charge in [-0.25, -0.2) is 4.98 Å². The highest BCUT2D eigenvalue weighted by molar-refractivity contribution is 7.15. The fourth-order valence-electron chi connectivity index (χ4n) is 2.43. The van der Waals surface area contributed by atoms with E-state index >= 15 is 0 Å². The van der Waals surface area contributed by atoms with Crippen molar-refractivity contribution in [1.29, 1.82) is 0 Å². The van der Waals surface area contributed by atoms with Crippen molar-refractivity contribution in [3.8, 4) is 0 Å². The number of fused-ring (bicyclic) bond motifs is 3. The summed E-state index contributed by atoms with van der Waals surface area (Å²) >= 11 is 1.75. The summed E-state index contributed by atoms with van der Waals surface area (Å²) in [7, 11) is 0. The lowest BCUT2D eigenvalue weighted by Gasteiger charge is -2.29. The summed E-state index contributed by atoms with van der Waals surface area (Å²) in [5.41, 5.74) is 4.04. The summed E-state index contributed by atoms with van der Waals surface area (Å²) in [5, 5.41) is 2.19. The van der Waals surface area contributed by atoms with Gasteiger partial charge in [-0.1, -0.05) is 0 Å². The number of rotatable bonds is 1. The zero-order chi connectivity index (χ0) is 11.3. The molecule has 0 aliphatic carbocycles. The number of imidazole rings is 1. The molecule has 3 nitrogen and oxygen atoms in total. The maximum absolute atomic E-state index is 4.72. The molecule has 2 aromatic heterocycles. The topological polar surface area (TPSA) is 20.5 Å². The van der Waals surface area contributed by atoms with E-state index in [4.69, 9.17) is 4.98 Å². The van der Waals surface area contributed by atoms with Gasteiger partial charge >= 0.3 is 0 Å². The van der Waals surface area contributed by atoms with Gasteiger partial charge in [0.2, 0.25) is 0 Å². The number of thiazole rings is 1. The standard InChI is InChI=1S/C12H17N3S/c1-8(2)14-5-4-10-11(6-14)15-9(3)7-16-12(15)13-10/h7-8H,4-6H2,1-3H3. The number of aromatic nitrogens is 2. The summed E-state index contributed by atoms with van der Waals surface area (Å²) in [6.07, 6.45) is 1.10. The zero-order valence-corrected chi connectivity index (χ0v) is 10.8. The van der Waals surface area contributed by atoms with E-state index < -0.39 is 0 Å². The van der Waals surface area contributed by atoms with E-state index in [1.807, 2.05) is 0 Å². The molecule has 0 saturated heterocycles. The van der Waals surface area contributed by atoms with Gasteiger partial charge in [-0.2, -0.15) is 0 Å². The SMILES string of the molecule is Cc1csc2nc3c(n12)CN(C(C)C)CC3. The van der Waals surface area contributed by atoms with Gasteiger partial charge in [-0.3, -0.25) is 9.30 Å². The van der Waals surface area contributed by atoms with Crippen molar-refractivity contribution in [1.82, 2.24) is 14.3 Å². The summed E-state index contributed by atoms with van der Waals surface area (Å²) in [4.78, 5) is 8.40. The average Bonchev–Trinajstić information content (AvgIpc) is 2.78. The summed E-state index contributed by atoms with van der Waals surface area (Å²) in [6, 6.07) is 0.623. The van der Waals surface area contributed by atoms with Gasteiger partial charge in [0.1, 0.15) is 0 Å². The van der Waals surface area contributed by atoms with Crippen molar-refractivity contribution in [2.75, 3.05) is 6.54 Å². The molecule has 0 spiro atoms. The van der Waals surface area contributed by atoms with E-state index in [0.29, 0.717) is 6.04 Å². The van der Waals surface area contributed by atoms with Gasteiger partial charge in [-0.05, 0) is 20.8 Å². The second kappa shape index (κ2) is 3.57. The lowest BCUT2D eigenvalue weighted by molar-refractivity contribution is 0.199. The lowest BCUT2D eigenvalue weighted by Crippen LogP contribution is -2.36. The molecule has 4 heteroatoms. The Morgan fingerprint density at radius 2 is 2.25 bits per heavy atom. The van der Waals surface area contributed by atoms with E-state index in [9.17, 15) is 0 Å². The van der Waals surface area contributed by atoms with Crippen LogP contribution in [0.2, 0.25) is 0 Å². The lowest BCUT2D eigenvalue weighted by atomic mass is 10.1. The van der Waals surface area contributed by atoms with Crippen LogP contribution in [0.1, 0.15) is 30.9 Å². The van der Waals surface area contributed by atoms with Gasteiger partial charge in [-0.15, -0.1) is 11.3 Å². The van der Waals surface area contributed by atoms with Gasteiger partial charge < -0.3 is 0 Å². The zero-order valence-electron chi connectivity index (χ0n) is 10.0. The van der Waals surface area contributed by atoms with Crippen molar-refractivity contribution in [2.24, 2.45) is 0 Å². The first-order valence-electron chi connectivity index (χ1n) is 5.85. The van der Waals surface area contributed by atoms with Crippen LogP contribution in [0, 0.1) is 6.92 Å². The molecule has 2 aromatic rings. The van der Waals surface area contributed by atoms with Crippen molar-refractivity contribution in [3.05, 3.63) is 22.5 Å². The van der Waals surface area contributed by atoms with Gasteiger partial charge in [0.05, 0.1) is 11.4 Å². The van der Waals surface area contributed by atoms with Crippen molar-refractivity contribution in [3.63, 3.8) is 0 Å². The summed E-state index contributed by atoms with van der Waals surface area (Å²) in [6.45, 7) is 8.90. The minimum atomic E-state index is 0.623. The van der Waals surface area contributed by atoms with Crippen LogP contribution in [-0.2, 0) is 13.0 Å². The highest BCUT2D eigenvalue weighted by Gasteiger charge is 2.23. The summed E-state index contributed by atoms with van der Waals surface area (Å²) < 4.78 is 2.33. The third-order valence-corrected chi connectivity index (χ3v) is 4.38. The fraction of sp³-hybridized carbons (Fsp3) is 0.583. The fourth-order valence-corrected chi connectivity index (χ4v) is 3.34. The van der Waals surface area contributed by atoms with Crippen molar-refractivity contribution >= 4 is 16.3 Å². The number of nitrogens with zero attached hydrogens (tertiary/aromatic N) is 3. The van der Waals surface area contributed by atoms with Crippen LogP contribution in [0.4, 0.5) is 0 Å². The molecule has 0 radical (unpaired) electrons. The van der Waals surface area contributed by atoms with Gasteiger partial charge in [0.15, 0.2) is 4.96 Å². The van der Waals surface area contributed by atoms with Crippen LogP contribution in [0.3, 0.4) is 0 Å². The normalized spacial score (nSPS) is 17.2. The van der Waals surface area contributed by atoms with Crippen LogP contribution >= 0.6 is 11.3 Å². The van der Waals surface area contributed by atoms with E-state index in [0.717, 1.165) is 24.5 Å². The molecular weight excluding hydrogens is 218 g/mol. The Morgan fingerprint density at radius 3 is 3.00 bits per heavy atom. The van der Waals surface area contributed by atoms with E-state index in [2.05, 4.69) is 35.5 Å². The molecule has 3 heterocycles. The van der Waals surface area contributed by atoms with Crippen LogP contribution < -0.4 is 0 Å². The molecule has 0 amide bonds. The predicted octanol–water partition coefficient (Wildman–Crippen LogP) is 2.47. The summed E-state index contributed by atoms with van der Waals surface area (Å²) in [5.74, 6) is 0. The first-order valence-corrected chi connectivity index (χ1v) is 6.73. The van der Waals surface area contributed by atoms with E-state index in [-0.39, 0.29) is 0 Å². The molecule has 3 rings (SSSR count). The molecular formula is C12H17N3S. The third-order valence-electron chi connectivity index (χ3n) is 3.43. The molecule has 0 aromatic carbocycles. The molecule has 0 fully saturated rings. The number of hydrogen-bond donors (Lipinski definition) is 0. The predicted molar refractivity (Wildman–Crippen MR) is 67.1 cm³/mol. The van der Waals surface area contributed by atoms with E-state index in [1.54, 1.807) is 11.3 Å². The third kappa shape index (κ3) is 1.40. The molecule has 86 valence electrons. The molecule has 0 bridgehead atoms. The highest BCUT2D eigenvalue weighted by Crippen LogP contribution is 2.26. The first-order chi connectivity index (χ1) is 7.66. The van der Waals surface area contributed by atoms with Gasteiger partial charge in [0, 0.05) is 36.6 Å². The first kappa shape index (κ1) is 10.3. The molecule has 0 N–H and O–H groups in total. The molecule has 0 atom stereocenters. The smallest absolute Gasteiger partial charge is 0.194 e. The molecule has 0 saturated carbocycles. The van der Waals surface area contributed by atoms with E-state index in [1.165, 1.54) is 17.1 Å². The minimum Gasteiger partial charge on any atom is -0.295 e. The molecule has 0 unspecified atom stereocenters. The highest BCUT2D eigenvalue weighted by atomic mass is 32.1. The number of hydrogen-bond acceptors (Lipinski definition) is 3. The second-order valence-electron chi connectivity index (χ2n) is 4.81. The largest absolute Gasteiger partial charge is 0.295 e. The molecule has 16 heavy (non-hydrogen) atoms. The van der Waals surface area contributed by atoms with Gasteiger partial charge in [0.25, 0.3) is 0 Å². The monoisotopic (exact) mass is 235 g/mol. The Hall–Kier alpha value is -0.870. The Balaban J connectivity index is 2.10. The van der Waals surface area contributed by atoms with Crippen molar-refractivity contribution < 1.29 is 0 Å². The Labute approximate surface area is 99.7 Å². The quantitative estimate of drug-likeness (QED) is 0.757. The maximum Gasteiger partial charge on any atom is 0.194 e. The van der Waals surface area contributed by atoms with Crippen LogP contribution in [0.5, 0.6) is 0 Å². The average molecular weight is 235 g/mol.